The predicted molar refractivity (Wildman–Crippen MR) is 121 cm³/mol. The molecule has 168 valence electrons. The highest BCUT2D eigenvalue weighted by Gasteiger charge is 2.29. The summed E-state index contributed by atoms with van der Waals surface area (Å²) in [5.41, 5.74) is 1.07. The minimum absolute atomic E-state index is 0.121. The number of carbonyl (C=O) groups excluding carboxylic acids is 2. The lowest BCUT2D eigenvalue weighted by atomic mass is 10.1. The van der Waals surface area contributed by atoms with Crippen molar-refractivity contribution in [3.05, 3.63) is 59.1 Å². The molecule has 2 rings (SSSR count). The first kappa shape index (κ1) is 24.5. The van der Waals surface area contributed by atoms with Gasteiger partial charge in [-0.05, 0) is 48.9 Å². The molecule has 1 atom stereocenters. The van der Waals surface area contributed by atoms with E-state index in [1.165, 1.54) is 24.1 Å². The summed E-state index contributed by atoms with van der Waals surface area (Å²) >= 11 is 5.89. The number of benzene rings is 2. The highest BCUT2D eigenvalue weighted by molar-refractivity contribution is 7.92. The first-order valence-electron chi connectivity index (χ1n) is 9.44. The number of halogens is 1. The lowest BCUT2D eigenvalue weighted by Gasteiger charge is -2.31. The van der Waals surface area contributed by atoms with Crippen molar-refractivity contribution >= 4 is 39.1 Å². The molecule has 8 nitrogen and oxygen atoms in total. The molecular formula is C21H26ClN3O5S. The summed E-state index contributed by atoms with van der Waals surface area (Å²) in [5.74, 6) is -0.224. The van der Waals surface area contributed by atoms with Crippen LogP contribution in [0.3, 0.4) is 0 Å². The molecule has 0 aliphatic heterocycles. The Hall–Kier alpha value is -2.78. The van der Waals surface area contributed by atoms with Crippen LogP contribution in [0.4, 0.5) is 5.69 Å². The average molecular weight is 468 g/mol. The Balaban J connectivity index is 2.34. The van der Waals surface area contributed by atoms with Crippen LogP contribution in [0.25, 0.3) is 0 Å². The van der Waals surface area contributed by atoms with Gasteiger partial charge in [-0.1, -0.05) is 23.7 Å². The van der Waals surface area contributed by atoms with Gasteiger partial charge in [0.05, 0.1) is 19.1 Å². The molecule has 0 saturated heterocycles. The average Bonchev–Trinajstić information content (AvgIpc) is 2.75. The molecule has 0 unspecified atom stereocenters. The van der Waals surface area contributed by atoms with E-state index in [-0.39, 0.29) is 12.5 Å². The number of hydrogen-bond donors (Lipinski definition) is 1. The number of nitrogens with zero attached hydrogens (tertiary/aromatic N) is 2. The molecule has 0 heterocycles. The molecule has 0 bridgehead atoms. The number of sulfonamides is 1. The molecular weight excluding hydrogens is 442 g/mol. The summed E-state index contributed by atoms with van der Waals surface area (Å²) in [6.45, 7) is 1.25. The van der Waals surface area contributed by atoms with E-state index in [9.17, 15) is 18.0 Å². The van der Waals surface area contributed by atoms with E-state index >= 15 is 0 Å². The van der Waals surface area contributed by atoms with Crippen molar-refractivity contribution in [3.8, 4) is 5.75 Å². The van der Waals surface area contributed by atoms with Crippen LogP contribution in [-0.2, 0) is 26.2 Å². The molecule has 0 aliphatic rings. The molecule has 2 amide bonds. The lowest BCUT2D eigenvalue weighted by Crippen LogP contribution is -2.50. The van der Waals surface area contributed by atoms with Crippen LogP contribution in [0.5, 0.6) is 5.75 Å². The normalized spacial score (nSPS) is 12.0. The van der Waals surface area contributed by atoms with Crippen molar-refractivity contribution in [2.45, 2.75) is 19.5 Å². The fourth-order valence-electron chi connectivity index (χ4n) is 2.94. The summed E-state index contributed by atoms with van der Waals surface area (Å²) in [6, 6.07) is 12.4. The van der Waals surface area contributed by atoms with Gasteiger partial charge in [-0.15, -0.1) is 0 Å². The van der Waals surface area contributed by atoms with Crippen molar-refractivity contribution in [2.24, 2.45) is 0 Å². The van der Waals surface area contributed by atoms with Crippen LogP contribution >= 0.6 is 11.6 Å². The summed E-state index contributed by atoms with van der Waals surface area (Å²) in [7, 11) is -0.739. The van der Waals surface area contributed by atoms with Crippen molar-refractivity contribution in [3.63, 3.8) is 0 Å². The van der Waals surface area contributed by atoms with Crippen LogP contribution < -0.4 is 14.4 Å². The van der Waals surface area contributed by atoms with Gasteiger partial charge < -0.3 is 15.0 Å². The number of likely N-dealkylation sites (N-methyl/N-ethyl adjacent to an activating group) is 1. The number of rotatable bonds is 9. The van der Waals surface area contributed by atoms with Gasteiger partial charge in [0, 0.05) is 18.6 Å². The minimum atomic E-state index is -3.77. The smallest absolute Gasteiger partial charge is 0.244 e. The van der Waals surface area contributed by atoms with Gasteiger partial charge in [0.1, 0.15) is 18.3 Å². The highest BCUT2D eigenvalue weighted by Crippen LogP contribution is 2.21. The predicted octanol–water partition coefficient (Wildman–Crippen LogP) is 2.28. The molecule has 0 aromatic heterocycles. The summed E-state index contributed by atoms with van der Waals surface area (Å²) < 4.78 is 30.9. The van der Waals surface area contributed by atoms with Crippen LogP contribution in [0.2, 0.25) is 5.02 Å². The first-order valence-corrected chi connectivity index (χ1v) is 11.7. The second-order valence-electron chi connectivity index (χ2n) is 6.91. The fourth-order valence-corrected chi connectivity index (χ4v) is 3.92. The SMILES string of the molecule is CNC(=O)[C@@H](C)N(Cc1ccc(OC)cc1)C(=O)CN(c1ccc(Cl)cc1)S(C)(=O)=O. The summed E-state index contributed by atoms with van der Waals surface area (Å²) in [6.07, 6.45) is 1.02. The van der Waals surface area contributed by atoms with Crippen molar-refractivity contribution in [2.75, 3.05) is 31.3 Å². The van der Waals surface area contributed by atoms with E-state index in [2.05, 4.69) is 5.32 Å². The number of carbonyl (C=O) groups is 2. The summed E-state index contributed by atoms with van der Waals surface area (Å²) in [4.78, 5) is 26.8. The van der Waals surface area contributed by atoms with Crippen LogP contribution in [0.1, 0.15) is 12.5 Å². The minimum Gasteiger partial charge on any atom is -0.497 e. The Morgan fingerprint density at radius 3 is 2.16 bits per heavy atom. The van der Waals surface area contributed by atoms with Crippen LogP contribution in [0.15, 0.2) is 48.5 Å². The maximum absolute atomic E-state index is 13.2. The maximum atomic E-state index is 13.2. The van der Waals surface area contributed by atoms with Gasteiger partial charge in [-0.25, -0.2) is 8.42 Å². The third-order valence-corrected chi connectivity index (χ3v) is 6.11. The quantitative estimate of drug-likeness (QED) is 0.610. The van der Waals surface area contributed by atoms with E-state index in [0.29, 0.717) is 16.5 Å². The molecule has 0 spiro atoms. The molecule has 0 fully saturated rings. The second kappa shape index (κ2) is 10.5. The van der Waals surface area contributed by atoms with E-state index in [1.54, 1.807) is 50.4 Å². The molecule has 0 aliphatic carbocycles. The molecule has 2 aromatic rings. The van der Waals surface area contributed by atoms with E-state index in [4.69, 9.17) is 16.3 Å². The van der Waals surface area contributed by atoms with Gasteiger partial charge in [-0.2, -0.15) is 0 Å². The maximum Gasteiger partial charge on any atom is 0.244 e. The molecule has 31 heavy (non-hydrogen) atoms. The summed E-state index contributed by atoms with van der Waals surface area (Å²) in [5, 5.41) is 2.97. The lowest BCUT2D eigenvalue weighted by molar-refractivity contribution is -0.139. The van der Waals surface area contributed by atoms with Crippen LogP contribution in [-0.4, -0.2) is 58.1 Å². The molecule has 2 aromatic carbocycles. The van der Waals surface area contributed by atoms with E-state index in [1.807, 2.05) is 0 Å². The van der Waals surface area contributed by atoms with E-state index in [0.717, 1.165) is 16.1 Å². The second-order valence-corrected chi connectivity index (χ2v) is 9.25. The number of hydrogen-bond acceptors (Lipinski definition) is 5. The third-order valence-electron chi connectivity index (χ3n) is 4.72. The first-order chi connectivity index (χ1) is 14.6. The van der Waals surface area contributed by atoms with Gasteiger partial charge >= 0.3 is 0 Å². The van der Waals surface area contributed by atoms with Crippen molar-refractivity contribution in [1.29, 1.82) is 0 Å². The highest BCUT2D eigenvalue weighted by atomic mass is 35.5. The monoisotopic (exact) mass is 467 g/mol. The molecule has 10 heteroatoms. The van der Waals surface area contributed by atoms with Gasteiger partial charge in [0.15, 0.2) is 0 Å². The zero-order valence-electron chi connectivity index (χ0n) is 17.8. The number of amides is 2. The number of nitrogens with one attached hydrogen (secondary N) is 1. The standard InChI is InChI=1S/C21H26ClN3O5S/c1-15(21(27)23-2)24(13-16-5-11-19(30-3)12-6-16)20(26)14-25(31(4,28)29)18-9-7-17(22)8-10-18/h5-12,15H,13-14H2,1-4H3,(H,23,27)/t15-/m1/s1. The van der Waals surface area contributed by atoms with Gasteiger partial charge in [0.25, 0.3) is 0 Å². The number of anilines is 1. The van der Waals surface area contributed by atoms with Crippen molar-refractivity contribution < 1.29 is 22.7 Å². The Morgan fingerprint density at radius 2 is 1.68 bits per heavy atom. The zero-order valence-corrected chi connectivity index (χ0v) is 19.4. The van der Waals surface area contributed by atoms with Crippen molar-refractivity contribution in [1.82, 2.24) is 10.2 Å². The van der Waals surface area contributed by atoms with Gasteiger partial charge in [-0.3, -0.25) is 13.9 Å². The number of ether oxygens (including phenoxy) is 1. The molecule has 1 N–H and O–H groups in total. The van der Waals surface area contributed by atoms with Gasteiger partial charge in [0.2, 0.25) is 21.8 Å². The largest absolute Gasteiger partial charge is 0.497 e. The Labute approximate surface area is 187 Å². The molecule has 0 saturated carbocycles. The third kappa shape index (κ3) is 6.60. The topological polar surface area (TPSA) is 96.0 Å². The fraction of sp³-hybridized carbons (Fsp3) is 0.333. The van der Waals surface area contributed by atoms with E-state index < -0.39 is 28.5 Å². The Morgan fingerprint density at radius 1 is 1.10 bits per heavy atom. The zero-order chi connectivity index (χ0) is 23.2. The van der Waals surface area contributed by atoms with Crippen LogP contribution in [0, 0.1) is 0 Å². The Bertz CT molecular complexity index is 1010. The molecule has 0 radical (unpaired) electrons. The Kier molecular flexibility index (Phi) is 8.29. The number of methoxy groups -OCH3 is 1.